The van der Waals surface area contributed by atoms with Gasteiger partial charge in [-0.15, -0.1) is 0 Å². The SMILES string of the molecule is O=C(NC[C@@H]1CCNC1)c1ccc2c(c1)OCCO2. The summed E-state index contributed by atoms with van der Waals surface area (Å²) in [5, 5.41) is 6.26. The first-order valence-corrected chi connectivity index (χ1v) is 6.71. The molecule has 3 rings (SSSR count). The zero-order valence-electron chi connectivity index (χ0n) is 10.8. The van der Waals surface area contributed by atoms with E-state index in [1.807, 2.05) is 0 Å². The van der Waals surface area contributed by atoms with Crippen molar-refractivity contribution in [1.82, 2.24) is 10.6 Å². The molecule has 0 radical (unpaired) electrons. The summed E-state index contributed by atoms with van der Waals surface area (Å²) >= 11 is 0. The van der Waals surface area contributed by atoms with Crippen LogP contribution in [0, 0.1) is 5.92 Å². The first-order chi connectivity index (χ1) is 9.33. The van der Waals surface area contributed by atoms with Crippen LogP contribution in [0.2, 0.25) is 0 Å². The molecule has 2 heterocycles. The van der Waals surface area contributed by atoms with Crippen LogP contribution >= 0.6 is 0 Å². The Bertz CT molecular complexity index is 470. The standard InChI is InChI=1S/C14H18N2O3/c17-14(16-9-10-3-4-15-8-10)11-1-2-12-13(7-11)19-6-5-18-12/h1-2,7,10,15H,3-6,8-9H2,(H,16,17)/t10-/m1/s1. The molecule has 5 nitrogen and oxygen atoms in total. The van der Waals surface area contributed by atoms with Gasteiger partial charge in [-0.3, -0.25) is 4.79 Å². The van der Waals surface area contributed by atoms with Gasteiger partial charge >= 0.3 is 0 Å². The average Bonchev–Trinajstić information content (AvgIpc) is 2.97. The minimum atomic E-state index is -0.0520. The number of carbonyl (C=O) groups is 1. The van der Waals surface area contributed by atoms with Gasteiger partial charge in [0.1, 0.15) is 13.2 Å². The lowest BCUT2D eigenvalue weighted by Gasteiger charge is -2.19. The van der Waals surface area contributed by atoms with Crippen LogP contribution in [-0.4, -0.2) is 38.8 Å². The highest BCUT2D eigenvalue weighted by Crippen LogP contribution is 2.30. The summed E-state index contributed by atoms with van der Waals surface area (Å²) in [4.78, 5) is 12.1. The second kappa shape index (κ2) is 5.48. The van der Waals surface area contributed by atoms with Crippen LogP contribution in [-0.2, 0) is 0 Å². The molecular weight excluding hydrogens is 244 g/mol. The van der Waals surface area contributed by atoms with Crippen LogP contribution in [0.5, 0.6) is 11.5 Å². The molecule has 1 aromatic carbocycles. The van der Waals surface area contributed by atoms with Crippen LogP contribution < -0.4 is 20.1 Å². The van der Waals surface area contributed by atoms with Gasteiger partial charge in [-0.25, -0.2) is 0 Å². The predicted octanol–water partition coefficient (Wildman–Crippen LogP) is 0.797. The number of ether oxygens (including phenoxy) is 2. The fraction of sp³-hybridized carbons (Fsp3) is 0.500. The van der Waals surface area contributed by atoms with E-state index in [1.54, 1.807) is 18.2 Å². The number of fused-ring (bicyclic) bond motifs is 1. The van der Waals surface area contributed by atoms with E-state index < -0.39 is 0 Å². The third kappa shape index (κ3) is 2.81. The highest BCUT2D eigenvalue weighted by Gasteiger charge is 2.17. The smallest absolute Gasteiger partial charge is 0.251 e. The van der Waals surface area contributed by atoms with E-state index in [0.29, 0.717) is 36.2 Å². The van der Waals surface area contributed by atoms with E-state index in [-0.39, 0.29) is 5.91 Å². The Morgan fingerprint density at radius 1 is 1.32 bits per heavy atom. The van der Waals surface area contributed by atoms with Gasteiger partial charge in [0.15, 0.2) is 11.5 Å². The number of hydrogen-bond donors (Lipinski definition) is 2. The molecule has 2 aliphatic heterocycles. The van der Waals surface area contributed by atoms with E-state index in [1.165, 1.54) is 0 Å². The predicted molar refractivity (Wildman–Crippen MR) is 70.7 cm³/mol. The monoisotopic (exact) mass is 262 g/mol. The number of nitrogens with one attached hydrogen (secondary N) is 2. The molecule has 0 saturated carbocycles. The maximum absolute atomic E-state index is 12.1. The Balaban J connectivity index is 1.62. The molecule has 1 amide bonds. The van der Waals surface area contributed by atoms with Crippen LogP contribution in [0.3, 0.4) is 0 Å². The lowest BCUT2D eigenvalue weighted by molar-refractivity contribution is 0.0947. The third-order valence-electron chi connectivity index (χ3n) is 3.52. The summed E-state index contributed by atoms with van der Waals surface area (Å²) in [6.45, 7) is 3.85. The van der Waals surface area contributed by atoms with Crippen LogP contribution in [0.25, 0.3) is 0 Å². The van der Waals surface area contributed by atoms with Crippen molar-refractivity contribution in [1.29, 1.82) is 0 Å². The molecule has 1 saturated heterocycles. The zero-order valence-corrected chi connectivity index (χ0v) is 10.8. The lowest BCUT2D eigenvalue weighted by atomic mass is 10.1. The zero-order chi connectivity index (χ0) is 13.1. The van der Waals surface area contributed by atoms with Crippen LogP contribution in [0.15, 0.2) is 18.2 Å². The maximum atomic E-state index is 12.1. The van der Waals surface area contributed by atoms with Crippen LogP contribution in [0.1, 0.15) is 16.8 Å². The maximum Gasteiger partial charge on any atom is 0.251 e. The number of amides is 1. The Labute approximate surface area is 112 Å². The van der Waals surface area contributed by atoms with E-state index in [9.17, 15) is 4.79 Å². The molecule has 19 heavy (non-hydrogen) atoms. The summed E-state index contributed by atoms with van der Waals surface area (Å²) in [6.07, 6.45) is 1.13. The molecule has 0 bridgehead atoms. The molecular formula is C14H18N2O3. The van der Waals surface area contributed by atoms with Crippen molar-refractivity contribution in [2.24, 2.45) is 5.92 Å². The number of hydrogen-bond acceptors (Lipinski definition) is 4. The minimum absolute atomic E-state index is 0.0520. The van der Waals surface area contributed by atoms with E-state index >= 15 is 0 Å². The van der Waals surface area contributed by atoms with Crippen molar-refractivity contribution in [3.05, 3.63) is 23.8 Å². The van der Waals surface area contributed by atoms with Gasteiger partial charge in [0.25, 0.3) is 5.91 Å². The molecule has 2 N–H and O–H groups in total. The van der Waals surface area contributed by atoms with Gasteiger partial charge in [0.2, 0.25) is 0 Å². The van der Waals surface area contributed by atoms with Gasteiger partial charge in [-0.1, -0.05) is 0 Å². The largest absolute Gasteiger partial charge is 0.486 e. The molecule has 0 aliphatic carbocycles. The fourth-order valence-electron chi connectivity index (χ4n) is 2.41. The number of benzene rings is 1. The van der Waals surface area contributed by atoms with Crippen molar-refractivity contribution >= 4 is 5.91 Å². The second-order valence-corrected chi connectivity index (χ2v) is 4.93. The number of carbonyl (C=O) groups excluding carboxylic acids is 1. The molecule has 5 heteroatoms. The summed E-state index contributed by atoms with van der Waals surface area (Å²) in [5.74, 6) is 1.86. The van der Waals surface area contributed by atoms with Crippen molar-refractivity contribution in [3.63, 3.8) is 0 Å². The topological polar surface area (TPSA) is 59.6 Å². The molecule has 0 spiro atoms. The summed E-state index contributed by atoms with van der Waals surface area (Å²) in [6, 6.07) is 5.31. The van der Waals surface area contributed by atoms with Gasteiger partial charge in [0.05, 0.1) is 0 Å². The van der Waals surface area contributed by atoms with Gasteiger partial charge in [-0.2, -0.15) is 0 Å². The van der Waals surface area contributed by atoms with E-state index in [2.05, 4.69) is 10.6 Å². The van der Waals surface area contributed by atoms with E-state index in [0.717, 1.165) is 26.1 Å². The van der Waals surface area contributed by atoms with Crippen molar-refractivity contribution in [2.45, 2.75) is 6.42 Å². The molecule has 1 fully saturated rings. The third-order valence-corrected chi connectivity index (χ3v) is 3.52. The normalized spacial score (nSPS) is 21.2. The Hall–Kier alpha value is -1.75. The van der Waals surface area contributed by atoms with E-state index in [4.69, 9.17) is 9.47 Å². The molecule has 1 aromatic rings. The highest BCUT2D eigenvalue weighted by atomic mass is 16.6. The molecule has 0 unspecified atom stereocenters. The lowest BCUT2D eigenvalue weighted by Crippen LogP contribution is -2.30. The van der Waals surface area contributed by atoms with Gasteiger partial charge in [0, 0.05) is 12.1 Å². The molecule has 2 aliphatic rings. The molecule has 0 aromatic heterocycles. The quantitative estimate of drug-likeness (QED) is 0.846. The first kappa shape index (κ1) is 12.3. The van der Waals surface area contributed by atoms with Crippen molar-refractivity contribution in [3.8, 4) is 11.5 Å². The average molecular weight is 262 g/mol. The summed E-state index contributed by atoms with van der Waals surface area (Å²) in [7, 11) is 0. The highest BCUT2D eigenvalue weighted by molar-refractivity contribution is 5.94. The van der Waals surface area contributed by atoms with Gasteiger partial charge < -0.3 is 20.1 Å². The van der Waals surface area contributed by atoms with Crippen LogP contribution in [0.4, 0.5) is 0 Å². The second-order valence-electron chi connectivity index (χ2n) is 4.93. The first-order valence-electron chi connectivity index (χ1n) is 6.71. The fourth-order valence-corrected chi connectivity index (χ4v) is 2.41. The summed E-state index contributed by atoms with van der Waals surface area (Å²) < 4.78 is 10.9. The van der Waals surface area contributed by atoms with Gasteiger partial charge in [-0.05, 0) is 43.6 Å². The van der Waals surface area contributed by atoms with Crippen molar-refractivity contribution in [2.75, 3.05) is 32.8 Å². The Kier molecular flexibility index (Phi) is 3.55. The Morgan fingerprint density at radius 3 is 2.95 bits per heavy atom. The summed E-state index contributed by atoms with van der Waals surface area (Å²) in [5.41, 5.74) is 0.621. The Morgan fingerprint density at radius 2 is 2.16 bits per heavy atom. The van der Waals surface area contributed by atoms with Crippen molar-refractivity contribution < 1.29 is 14.3 Å². The molecule has 1 atom stereocenters. The minimum Gasteiger partial charge on any atom is -0.486 e. The molecule has 102 valence electrons. The number of rotatable bonds is 3.